The summed E-state index contributed by atoms with van der Waals surface area (Å²) in [6, 6.07) is -0.194. The average molecular weight is 281 g/mol. The Balaban J connectivity index is 2.21. The molecule has 5 heteroatoms. The molecule has 20 heavy (non-hydrogen) atoms. The fourth-order valence-electron chi connectivity index (χ4n) is 2.87. The second kappa shape index (κ2) is 6.68. The zero-order valence-electron chi connectivity index (χ0n) is 12.9. The first-order valence-electron chi connectivity index (χ1n) is 7.78. The highest BCUT2D eigenvalue weighted by Gasteiger charge is 2.38. The molecule has 0 aromatic carbocycles. The predicted octanol–water partition coefficient (Wildman–Crippen LogP) is 3.31. The maximum atomic E-state index is 6.17. The minimum atomic E-state index is -0.382. The normalized spacial score (nSPS) is 22.2. The van der Waals surface area contributed by atoms with E-state index in [-0.39, 0.29) is 11.6 Å². The van der Waals surface area contributed by atoms with Gasteiger partial charge in [0, 0.05) is 7.11 Å². The first-order chi connectivity index (χ1) is 9.63. The number of hydrogen-bond acceptors (Lipinski definition) is 5. The van der Waals surface area contributed by atoms with E-state index < -0.39 is 0 Å². The Kier molecular flexibility index (Phi) is 5.16. The van der Waals surface area contributed by atoms with Gasteiger partial charge < -0.3 is 15.0 Å². The molecule has 2 rings (SSSR count). The molecule has 0 spiro atoms. The monoisotopic (exact) mass is 281 g/mol. The van der Waals surface area contributed by atoms with Crippen LogP contribution in [0.15, 0.2) is 4.52 Å². The third-order valence-electron chi connectivity index (χ3n) is 4.69. The Morgan fingerprint density at radius 3 is 2.50 bits per heavy atom. The number of hydrogen-bond donors (Lipinski definition) is 1. The Hall–Kier alpha value is -0.940. The van der Waals surface area contributed by atoms with Crippen molar-refractivity contribution in [1.29, 1.82) is 0 Å². The molecule has 0 aliphatic heterocycles. The summed E-state index contributed by atoms with van der Waals surface area (Å²) < 4.78 is 11.2. The average Bonchev–Trinajstić information content (AvgIpc) is 2.85. The van der Waals surface area contributed by atoms with Crippen molar-refractivity contribution in [3.8, 4) is 0 Å². The fraction of sp³-hybridized carbons (Fsp3) is 0.867. The molecule has 1 aliphatic rings. The molecule has 0 saturated heterocycles. The number of aromatic nitrogens is 2. The van der Waals surface area contributed by atoms with E-state index in [0.717, 1.165) is 32.1 Å². The molecule has 0 amide bonds. The number of nitrogens with two attached hydrogens (primary N) is 1. The van der Waals surface area contributed by atoms with Gasteiger partial charge in [0.15, 0.2) is 0 Å². The van der Waals surface area contributed by atoms with Gasteiger partial charge in [0.25, 0.3) is 0 Å². The molecule has 1 fully saturated rings. The van der Waals surface area contributed by atoms with Crippen molar-refractivity contribution in [2.45, 2.75) is 70.4 Å². The van der Waals surface area contributed by atoms with Crippen LogP contribution < -0.4 is 5.73 Å². The molecular formula is C15H27N3O2. The van der Waals surface area contributed by atoms with Gasteiger partial charge >= 0.3 is 0 Å². The first kappa shape index (κ1) is 15.4. The van der Waals surface area contributed by atoms with E-state index in [1.54, 1.807) is 7.11 Å². The highest BCUT2D eigenvalue weighted by Crippen LogP contribution is 2.38. The summed E-state index contributed by atoms with van der Waals surface area (Å²) in [6.45, 7) is 4.22. The standard InChI is InChI=1S/C15H27N3O2/c1-4-11(2)12(16)13-17-14(18-20-13)15(19-3)9-7-5-6-8-10-15/h11-12H,4-10,16H2,1-3H3. The molecule has 1 aromatic rings. The molecular weight excluding hydrogens is 254 g/mol. The van der Waals surface area contributed by atoms with Crippen molar-refractivity contribution in [2.24, 2.45) is 11.7 Å². The van der Waals surface area contributed by atoms with Crippen LogP contribution in [-0.4, -0.2) is 17.3 Å². The molecule has 0 bridgehead atoms. The lowest BCUT2D eigenvalue weighted by Crippen LogP contribution is -2.29. The smallest absolute Gasteiger partial charge is 0.243 e. The zero-order valence-corrected chi connectivity index (χ0v) is 12.9. The lowest BCUT2D eigenvalue weighted by Gasteiger charge is -2.27. The Labute approximate surface area is 121 Å². The largest absolute Gasteiger partial charge is 0.370 e. The summed E-state index contributed by atoms with van der Waals surface area (Å²) in [7, 11) is 1.75. The van der Waals surface area contributed by atoms with Crippen molar-refractivity contribution >= 4 is 0 Å². The van der Waals surface area contributed by atoms with Crippen LogP contribution in [0.3, 0.4) is 0 Å². The van der Waals surface area contributed by atoms with Crippen molar-refractivity contribution in [2.75, 3.05) is 7.11 Å². The quantitative estimate of drug-likeness (QED) is 0.838. The van der Waals surface area contributed by atoms with E-state index in [4.69, 9.17) is 15.0 Å². The van der Waals surface area contributed by atoms with Gasteiger partial charge in [0.2, 0.25) is 11.7 Å². The summed E-state index contributed by atoms with van der Waals surface area (Å²) in [4.78, 5) is 4.56. The molecule has 2 atom stereocenters. The highest BCUT2D eigenvalue weighted by atomic mass is 16.5. The third-order valence-corrected chi connectivity index (χ3v) is 4.69. The summed E-state index contributed by atoms with van der Waals surface area (Å²) in [6.07, 6.45) is 7.71. The van der Waals surface area contributed by atoms with Crippen molar-refractivity contribution in [3.63, 3.8) is 0 Å². The van der Waals surface area contributed by atoms with Crippen molar-refractivity contribution < 1.29 is 9.26 Å². The molecule has 5 nitrogen and oxygen atoms in total. The molecule has 2 unspecified atom stereocenters. The van der Waals surface area contributed by atoms with Gasteiger partial charge in [-0.2, -0.15) is 4.98 Å². The Morgan fingerprint density at radius 2 is 1.95 bits per heavy atom. The van der Waals surface area contributed by atoms with Crippen LogP contribution in [0.1, 0.15) is 76.6 Å². The van der Waals surface area contributed by atoms with Crippen LogP contribution in [0.2, 0.25) is 0 Å². The van der Waals surface area contributed by atoms with Crippen molar-refractivity contribution in [3.05, 3.63) is 11.7 Å². The minimum Gasteiger partial charge on any atom is -0.370 e. The first-order valence-corrected chi connectivity index (χ1v) is 7.78. The van der Waals surface area contributed by atoms with Gasteiger partial charge in [-0.05, 0) is 18.8 Å². The van der Waals surface area contributed by atoms with Gasteiger partial charge in [-0.15, -0.1) is 0 Å². The molecule has 0 radical (unpaired) electrons. The van der Waals surface area contributed by atoms with Gasteiger partial charge in [0.05, 0.1) is 6.04 Å². The van der Waals surface area contributed by atoms with E-state index in [1.807, 2.05) is 0 Å². The molecule has 1 saturated carbocycles. The summed E-state index contributed by atoms with van der Waals surface area (Å²) in [5.74, 6) is 1.54. The van der Waals surface area contributed by atoms with Crippen LogP contribution in [-0.2, 0) is 10.3 Å². The fourth-order valence-corrected chi connectivity index (χ4v) is 2.87. The Bertz CT molecular complexity index is 411. The number of methoxy groups -OCH3 is 1. The highest BCUT2D eigenvalue weighted by molar-refractivity contribution is 5.04. The van der Waals surface area contributed by atoms with Gasteiger partial charge in [-0.3, -0.25) is 0 Å². The SMILES string of the molecule is CCC(C)C(N)c1nc(C2(OC)CCCCCC2)no1. The second-order valence-electron chi connectivity index (χ2n) is 5.98. The topological polar surface area (TPSA) is 74.2 Å². The van der Waals surface area contributed by atoms with Gasteiger partial charge in [-0.25, -0.2) is 0 Å². The van der Waals surface area contributed by atoms with Gasteiger partial charge in [-0.1, -0.05) is 51.1 Å². The maximum absolute atomic E-state index is 6.17. The molecule has 114 valence electrons. The van der Waals surface area contributed by atoms with Crippen LogP contribution in [0.4, 0.5) is 0 Å². The van der Waals surface area contributed by atoms with Crippen LogP contribution in [0, 0.1) is 5.92 Å². The van der Waals surface area contributed by atoms with Gasteiger partial charge in [0.1, 0.15) is 5.60 Å². The van der Waals surface area contributed by atoms with Crippen LogP contribution in [0.5, 0.6) is 0 Å². The number of nitrogens with zero attached hydrogens (tertiary/aromatic N) is 2. The maximum Gasteiger partial charge on any atom is 0.243 e. The predicted molar refractivity (Wildman–Crippen MR) is 77.1 cm³/mol. The van der Waals surface area contributed by atoms with Crippen LogP contribution >= 0.6 is 0 Å². The molecule has 1 aromatic heterocycles. The number of rotatable bonds is 5. The van der Waals surface area contributed by atoms with E-state index in [1.165, 1.54) is 12.8 Å². The molecule has 1 heterocycles. The minimum absolute atomic E-state index is 0.194. The lowest BCUT2D eigenvalue weighted by molar-refractivity contribution is -0.0365. The van der Waals surface area contributed by atoms with E-state index >= 15 is 0 Å². The summed E-state index contributed by atoms with van der Waals surface area (Å²) in [5.41, 5.74) is 5.79. The number of ether oxygens (including phenoxy) is 1. The molecule has 2 N–H and O–H groups in total. The van der Waals surface area contributed by atoms with E-state index in [9.17, 15) is 0 Å². The summed E-state index contributed by atoms with van der Waals surface area (Å²) >= 11 is 0. The van der Waals surface area contributed by atoms with E-state index in [0.29, 0.717) is 17.6 Å². The van der Waals surface area contributed by atoms with Crippen LogP contribution in [0.25, 0.3) is 0 Å². The molecule has 1 aliphatic carbocycles. The van der Waals surface area contributed by atoms with Crippen molar-refractivity contribution in [1.82, 2.24) is 10.1 Å². The summed E-state index contributed by atoms with van der Waals surface area (Å²) in [5, 5.41) is 4.17. The third kappa shape index (κ3) is 3.04. The second-order valence-corrected chi connectivity index (χ2v) is 5.98. The lowest BCUT2D eigenvalue weighted by atomic mass is 9.93. The van der Waals surface area contributed by atoms with E-state index in [2.05, 4.69) is 24.0 Å². The Morgan fingerprint density at radius 1 is 1.30 bits per heavy atom. The zero-order chi connectivity index (χ0) is 14.6.